The van der Waals surface area contributed by atoms with Crippen LogP contribution in [0.3, 0.4) is 0 Å². The van der Waals surface area contributed by atoms with Crippen LogP contribution in [0.25, 0.3) is 5.76 Å². The summed E-state index contributed by atoms with van der Waals surface area (Å²) >= 11 is 0. The molecule has 2 aromatic rings. The van der Waals surface area contributed by atoms with Crippen LogP contribution in [0, 0.1) is 0 Å². The molecule has 2 N–H and O–H groups in total. The first-order chi connectivity index (χ1) is 15.5. The summed E-state index contributed by atoms with van der Waals surface area (Å²) in [7, 11) is 1.57. The Kier molecular flexibility index (Phi) is 7.89. The van der Waals surface area contributed by atoms with E-state index in [2.05, 4.69) is 6.92 Å². The summed E-state index contributed by atoms with van der Waals surface area (Å²) < 4.78 is 10.7. The molecule has 7 nitrogen and oxygen atoms in total. The zero-order valence-corrected chi connectivity index (χ0v) is 18.4. The zero-order valence-electron chi connectivity index (χ0n) is 18.4. The van der Waals surface area contributed by atoms with Gasteiger partial charge in [-0.15, -0.1) is 0 Å². The molecular weight excluding hydrogens is 410 g/mol. The molecule has 1 atom stereocenters. The molecule has 170 valence electrons. The lowest BCUT2D eigenvalue weighted by atomic mass is 9.95. The highest BCUT2D eigenvalue weighted by molar-refractivity contribution is 6.46. The number of nitrogens with zero attached hydrogens (tertiary/aromatic N) is 1. The van der Waals surface area contributed by atoms with Crippen molar-refractivity contribution in [3.05, 3.63) is 65.2 Å². The van der Waals surface area contributed by atoms with E-state index < -0.39 is 17.7 Å². The largest absolute Gasteiger partial charge is 0.508 e. The third kappa shape index (κ3) is 5.11. The summed E-state index contributed by atoms with van der Waals surface area (Å²) in [5, 5.41) is 20.7. The molecule has 0 unspecified atom stereocenters. The molecule has 0 radical (unpaired) electrons. The quantitative estimate of drug-likeness (QED) is 0.251. The van der Waals surface area contributed by atoms with Crippen molar-refractivity contribution in [1.82, 2.24) is 4.90 Å². The smallest absolute Gasteiger partial charge is 0.295 e. The molecule has 0 aliphatic carbocycles. The molecule has 0 aromatic heterocycles. The van der Waals surface area contributed by atoms with Gasteiger partial charge in [0.05, 0.1) is 18.2 Å². The van der Waals surface area contributed by atoms with Crippen molar-refractivity contribution >= 4 is 17.4 Å². The molecule has 1 amide bonds. The van der Waals surface area contributed by atoms with Crippen LogP contribution >= 0.6 is 0 Å². The molecular formula is C25H29NO6. The first kappa shape index (κ1) is 23.3. The fourth-order valence-corrected chi connectivity index (χ4v) is 3.69. The Morgan fingerprint density at radius 1 is 1.00 bits per heavy atom. The maximum atomic E-state index is 12.9. The van der Waals surface area contributed by atoms with Gasteiger partial charge in [0.15, 0.2) is 0 Å². The van der Waals surface area contributed by atoms with Gasteiger partial charge < -0.3 is 24.6 Å². The van der Waals surface area contributed by atoms with Gasteiger partial charge >= 0.3 is 0 Å². The number of hydrogen-bond donors (Lipinski definition) is 2. The molecule has 2 aromatic carbocycles. The van der Waals surface area contributed by atoms with Crippen molar-refractivity contribution < 1.29 is 29.3 Å². The highest BCUT2D eigenvalue weighted by atomic mass is 16.5. The number of ketones is 1. The molecule has 32 heavy (non-hydrogen) atoms. The van der Waals surface area contributed by atoms with Crippen LogP contribution < -0.4 is 4.74 Å². The summed E-state index contributed by atoms with van der Waals surface area (Å²) in [5.41, 5.74) is 1.07. The lowest BCUT2D eigenvalue weighted by Crippen LogP contribution is -2.31. The number of rotatable bonds is 10. The number of likely N-dealkylation sites (tertiary alicyclic amines) is 1. The Hall–Kier alpha value is -3.32. The minimum atomic E-state index is -0.757. The fraction of sp³-hybridized carbons (Fsp3) is 0.360. The SMILES string of the molecule is CCCCOc1ccc(/C(O)=C2\C(=O)C(=O)N(CCCOC)[C@@H]2c2ccc(O)cc2)cc1. The summed E-state index contributed by atoms with van der Waals surface area (Å²) in [4.78, 5) is 27.2. The van der Waals surface area contributed by atoms with Gasteiger partial charge in [-0.1, -0.05) is 25.5 Å². The highest BCUT2D eigenvalue weighted by Crippen LogP contribution is 2.40. The molecule has 0 saturated carbocycles. The normalized spacial score (nSPS) is 17.7. The van der Waals surface area contributed by atoms with Crippen molar-refractivity contribution in [3.63, 3.8) is 0 Å². The molecule has 1 heterocycles. The highest BCUT2D eigenvalue weighted by Gasteiger charge is 2.45. The fourth-order valence-electron chi connectivity index (χ4n) is 3.69. The Morgan fingerprint density at radius 3 is 2.31 bits per heavy atom. The average Bonchev–Trinajstić information content (AvgIpc) is 3.05. The molecule has 7 heteroatoms. The molecule has 1 aliphatic rings. The summed E-state index contributed by atoms with van der Waals surface area (Å²) in [6, 6.07) is 12.3. The van der Waals surface area contributed by atoms with Crippen LogP contribution in [0.4, 0.5) is 0 Å². The third-order valence-corrected chi connectivity index (χ3v) is 5.39. The summed E-state index contributed by atoms with van der Waals surface area (Å²) in [5.74, 6) is -0.897. The first-order valence-electron chi connectivity index (χ1n) is 10.8. The van der Waals surface area contributed by atoms with Gasteiger partial charge in [-0.2, -0.15) is 0 Å². The van der Waals surface area contributed by atoms with Gasteiger partial charge in [-0.3, -0.25) is 9.59 Å². The maximum absolute atomic E-state index is 12.9. The van der Waals surface area contributed by atoms with Crippen molar-refractivity contribution in [2.24, 2.45) is 0 Å². The van der Waals surface area contributed by atoms with Gasteiger partial charge in [-0.05, 0) is 54.8 Å². The van der Waals surface area contributed by atoms with Crippen LogP contribution in [0.15, 0.2) is 54.1 Å². The molecule has 3 rings (SSSR count). The number of aliphatic hydroxyl groups is 1. The topological polar surface area (TPSA) is 96.3 Å². The predicted octanol–water partition coefficient (Wildman–Crippen LogP) is 4.03. The summed E-state index contributed by atoms with van der Waals surface area (Å²) in [6.07, 6.45) is 2.52. The van der Waals surface area contributed by atoms with Gasteiger partial charge in [0.25, 0.3) is 11.7 Å². The van der Waals surface area contributed by atoms with E-state index in [1.165, 1.54) is 17.0 Å². The number of phenols is 1. The van der Waals surface area contributed by atoms with E-state index in [0.29, 0.717) is 43.1 Å². The second-order valence-electron chi connectivity index (χ2n) is 7.66. The van der Waals surface area contributed by atoms with Crippen LogP contribution in [-0.2, 0) is 14.3 Å². The number of unbranched alkanes of at least 4 members (excludes halogenated alkanes) is 1. The number of hydrogen-bond acceptors (Lipinski definition) is 6. The number of aliphatic hydroxyl groups excluding tert-OH is 1. The number of Topliss-reactive ketones (excluding diaryl/α,β-unsaturated/α-hetero) is 1. The number of carbonyl (C=O) groups excluding carboxylic acids is 2. The number of amides is 1. The third-order valence-electron chi connectivity index (χ3n) is 5.39. The molecule has 1 saturated heterocycles. The lowest BCUT2D eigenvalue weighted by molar-refractivity contribution is -0.140. The Labute approximate surface area is 187 Å². The number of methoxy groups -OCH3 is 1. The van der Waals surface area contributed by atoms with Crippen molar-refractivity contribution in [2.75, 3.05) is 26.9 Å². The molecule has 0 spiro atoms. The van der Waals surface area contributed by atoms with E-state index in [1.54, 1.807) is 43.5 Å². The van der Waals surface area contributed by atoms with Gasteiger partial charge in [0.2, 0.25) is 0 Å². The number of benzene rings is 2. The van der Waals surface area contributed by atoms with Crippen molar-refractivity contribution in [3.8, 4) is 11.5 Å². The van der Waals surface area contributed by atoms with E-state index in [-0.39, 0.29) is 17.1 Å². The monoisotopic (exact) mass is 439 g/mol. The Balaban J connectivity index is 1.98. The van der Waals surface area contributed by atoms with E-state index in [0.717, 1.165) is 12.8 Å². The second-order valence-corrected chi connectivity index (χ2v) is 7.66. The molecule has 1 fully saturated rings. The average molecular weight is 440 g/mol. The van der Waals surface area contributed by atoms with Crippen LogP contribution in [0.1, 0.15) is 43.4 Å². The Bertz CT molecular complexity index is 965. The standard InChI is InChI=1S/C25H29NO6/c1-3-4-16-32-20-12-8-18(9-13-20)23(28)21-22(17-6-10-19(27)11-7-17)26(14-5-15-31-2)25(30)24(21)29/h6-13,22,27-28H,3-5,14-16H2,1-2H3/b23-21+/t22-/m1/s1. The molecule has 0 bridgehead atoms. The van der Waals surface area contributed by atoms with E-state index in [1.807, 2.05) is 0 Å². The maximum Gasteiger partial charge on any atom is 0.295 e. The van der Waals surface area contributed by atoms with Gasteiger partial charge in [0.1, 0.15) is 17.3 Å². The zero-order chi connectivity index (χ0) is 23.1. The van der Waals surface area contributed by atoms with Crippen LogP contribution in [-0.4, -0.2) is 53.7 Å². The minimum absolute atomic E-state index is 0.0257. The second kappa shape index (κ2) is 10.8. The van der Waals surface area contributed by atoms with E-state index >= 15 is 0 Å². The minimum Gasteiger partial charge on any atom is -0.508 e. The Morgan fingerprint density at radius 2 is 1.69 bits per heavy atom. The van der Waals surface area contributed by atoms with Gasteiger partial charge in [0, 0.05) is 25.8 Å². The van der Waals surface area contributed by atoms with Gasteiger partial charge in [-0.25, -0.2) is 0 Å². The van der Waals surface area contributed by atoms with Crippen molar-refractivity contribution in [2.45, 2.75) is 32.2 Å². The van der Waals surface area contributed by atoms with E-state index in [9.17, 15) is 19.8 Å². The number of aromatic hydroxyl groups is 1. The van der Waals surface area contributed by atoms with Crippen LogP contribution in [0.5, 0.6) is 11.5 Å². The van der Waals surface area contributed by atoms with E-state index in [4.69, 9.17) is 9.47 Å². The summed E-state index contributed by atoms with van der Waals surface area (Å²) in [6.45, 7) is 3.42. The molecule has 1 aliphatic heterocycles. The first-order valence-corrected chi connectivity index (χ1v) is 10.8. The lowest BCUT2D eigenvalue weighted by Gasteiger charge is -2.25. The van der Waals surface area contributed by atoms with Crippen LogP contribution in [0.2, 0.25) is 0 Å². The van der Waals surface area contributed by atoms with Crippen molar-refractivity contribution in [1.29, 1.82) is 0 Å². The number of ether oxygens (including phenoxy) is 2. The predicted molar refractivity (Wildman–Crippen MR) is 120 cm³/mol. The number of phenolic OH excluding ortho intramolecular Hbond substituents is 1. The number of carbonyl (C=O) groups is 2.